The zero-order valence-corrected chi connectivity index (χ0v) is 16.0. The van der Waals surface area contributed by atoms with Gasteiger partial charge in [0, 0.05) is 4.47 Å². The highest BCUT2D eigenvalue weighted by atomic mass is 79.9. The van der Waals surface area contributed by atoms with Crippen molar-refractivity contribution in [3.63, 3.8) is 0 Å². The molecule has 122 valence electrons. The minimum atomic E-state index is -0.330. The van der Waals surface area contributed by atoms with Crippen LogP contribution in [0.2, 0.25) is 10.0 Å². The summed E-state index contributed by atoms with van der Waals surface area (Å²) >= 11 is 16.4. The Bertz CT molecular complexity index is 852. The largest absolute Gasteiger partial charge is 0.293 e. The van der Waals surface area contributed by atoms with E-state index in [1.165, 1.54) is 4.90 Å². The summed E-state index contributed by atoms with van der Waals surface area (Å²) in [7, 11) is 0. The molecule has 3 rings (SSSR count). The third-order valence-corrected chi connectivity index (χ3v) is 5.67. The van der Waals surface area contributed by atoms with E-state index in [9.17, 15) is 9.59 Å². The second kappa shape index (κ2) is 7.31. The lowest BCUT2D eigenvalue weighted by Crippen LogP contribution is -2.27. The van der Waals surface area contributed by atoms with E-state index in [2.05, 4.69) is 15.9 Å². The molecule has 0 saturated carbocycles. The summed E-state index contributed by atoms with van der Waals surface area (Å²) in [5, 5.41) is 0.464. The number of halogens is 3. The molecule has 2 aromatic carbocycles. The van der Waals surface area contributed by atoms with Crippen molar-refractivity contribution in [2.24, 2.45) is 0 Å². The maximum atomic E-state index is 12.5. The number of thioether (sulfide) groups is 1. The van der Waals surface area contributed by atoms with Gasteiger partial charge in [0.2, 0.25) is 0 Å². The van der Waals surface area contributed by atoms with Crippen molar-refractivity contribution in [3.05, 3.63) is 73.0 Å². The fourth-order valence-electron chi connectivity index (χ4n) is 2.18. The number of hydrogen-bond acceptors (Lipinski definition) is 3. The Morgan fingerprint density at radius 2 is 1.79 bits per heavy atom. The van der Waals surface area contributed by atoms with Crippen LogP contribution >= 0.6 is 50.9 Å². The number of benzene rings is 2. The maximum absolute atomic E-state index is 12.5. The molecule has 2 aromatic rings. The van der Waals surface area contributed by atoms with Gasteiger partial charge in [-0.3, -0.25) is 14.5 Å². The van der Waals surface area contributed by atoms with E-state index in [1.54, 1.807) is 24.3 Å². The molecule has 1 fully saturated rings. The number of carbonyl (C=O) groups excluding carboxylic acids is 2. The first-order valence-electron chi connectivity index (χ1n) is 6.89. The highest BCUT2D eigenvalue weighted by Crippen LogP contribution is 2.35. The molecule has 1 saturated heterocycles. The molecule has 0 aliphatic carbocycles. The predicted molar refractivity (Wildman–Crippen MR) is 102 cm³/mol. The average molecular weight is 443 g/mol. The van der Waals surface area contributed by atoms with Gasteiger partial charge in [0.05, 0.1) is 21.5 Å². The lowest BCUT2D eigenvalue weighted by atomic mass is 10.2. The van der Waals surface area contributed by atoms with Crippen LogP contribution in [-0.2, 0) is 11.3 Å². The van der Waals surface area contributed by atoms with Crippen molar-refractivity contribution in [3.8, 4) is 0 Å². The summed E-state index contributed by atoms with van der Waals surface area (Å²) in [6.07, 6.45) is 1.60. The maximum Gasteiger partial charge on any atom is 0.293 e. The Kier molecular flexibility index (Phi) is 5.35. The van der Waals surface area contributed by atoms with E-state index in [-0.39, 0.29) is 17.7 Å². The third kappa shape index (κ3) is 3.70. The molecular formula is C17H10BrCl2NO2S. The predicted octanol–water partition coefficient (Wildman–Crippen LogP) is 5.99. The number of imide groups is 1. The van der Waals surface area contributed by atoms with Gasteiger partial charge in [0.25, 0.3) is 11.1 Å². The van der Waals surface area contributed by atoms with Crippen LogP contribution in [0.4, 0.5) is 4.79 Å². The van der Waals surface area contributed by atoms with Gasteiger partial charge in [-0.1, -0.05) is 63.4 Å². The van der Waals surface area contributed by atoms with Gasteiger partial charge in [-0.15, -0.1) is 0 Å². The lowest BCUT2D eigenvalue weighted by molar-refractivity contribution is -0.123. The van der Waals surface area contributed by atoms with Gasteiger partial charge in [0.1, 0.15) is 0 Å². The number of amides is 2. The molecular weight excluding hydrogens is 433 g/mol. The summed E-state index contributed by atoms with van der Waals surface area (Å²) in [6, 6.07) is 12.6. The topological polar surface area (TPSA) is 37.4 Å². The lowest BCUT2D eigenvalue weighted by Gasteiger charge is -2.12. The molecule has 0 N–H and O–H groups in total. The molecule has 1 aliphatic heterocycles. The number of rotatable bonds is 3. The standard InChI is InChI=1S/C17H10BrCl2NO2S/c18-12-6-4-10(5-7-12)9-21-16(22)14(24-17(21)23)8-11-2-1-3-13(19)15(11)20/h1-8H,9H2/b14-8-. The van der Waals surface area contributed by atoms with Crippen LogP contribution in [0.3, 0.4) is 0 Å². The molecule has 0 atom stereocenters. The normalized spacial score (nSPS) is 16.3. The van der Waals surface area contributed by atoms with Crippen LogP contribution in [0.25, 0.3) is 6.08 Å². The average Bonchev–Trinajstić information content (AvgIpc) is 2.81. The van der Waals surface area contributed by atoms with Gasteiger partial charge in [-0.05, 0) is 47.2 Å². The summed E-state index contributed by atoms with van der Waals surface area (Å²) in [5.74, 6) is -0.330. The fourth-order valence-corrected chi connectivity index (χ4v) is 3.64. The molecule has 3 nitrogen and oxygen atoms in total. The van der Waals surface area contributed by atoms with Crippen molar-refractivity contribution in [1.29, 1.82) is 0 Å². The molecule has 2 amide bonds. The molecule has 0 bridgehead atoms. The molecule has 1 heterocycles. The van der Waals surface area contributed by atoms with E-state index in [4.69, 9.17) is 23.2 Å². The monoisotopic (exact) mass is 441 g/mol. The van der Waals surface area contributed by atoms with Crippen LogP contribution in [0, 0.1) is 0 Å². The zero-order chi connectivity index (χ0) is 17.3. The third-order valence-electron chi connectivity index (χ3n) is 3.40. The smallest absolute Gasteiger partial charge is 0.268 e. The molecule has 0 spiro atoms. The minimum Gasteiger partial charge on any atom is -0.268 e. The fraction of sp³-hybridized carbons (Fsp3) is 0.0588. The van der Waals surface area contributed by atoms with Crippen LogP contribution in [0.15, 0.2) is 51.8 Å². The van der Waals surface area contributed by atoms with Gasteiger partial charge in [-0.25, -0.2) is 0 Å². The first-order valence-corrected chi connectivity index (χ1v) is 9.26. The Labute approximate surface area is 161 Å². The van der Waals surface area contributed by atoms with Crippen molar-refractivity contribution in [1.82, 2.24) is 4.90 Å². The van der Waals surface area contributed by atoms with E-state index in [0.29, 0.717) is 20.5 Å². The Hall–Kier alpha value is -1.27. The number of nitrogens with zero attached hydrogens (tertiary/aromatic N) is 1. The van der Waals surface area contributed by atoms with E-state index >= 15 is 0 Å². The molecule has 0 aromatic heterocycles. The summed E-state index contributed by atoms with van der Waals surface area (Å²) < 4.78 is 0.941. The van der Waals surface area contributed by atoms with Gasteiger partial charge >= 0.3 is 0 Å². The Morgan fingerprint density at radius 1 is 1.08 bits per heavy atom. The SMILES string of the molecule is O=C1S/C(=C\c2cccc(Cl)c2Cl)C(=O)N1Cc1ccc(Br)cc1. The van der Waals surface area contributed by atoms with Crippen LogP contribution in [0.1, 0.15) is 11.1 Å². The molecule has 7 heteroatoms. The highest BCUT2D eigenvalue weighted by Gasteiger charge is 2.35. The van der Waals surface area contributed by atoms with Crippen LogP contribution < -0.4 is 0 Å². The Balaban J connectivity index is 1.84. The van der Waals surface area contributed by atoms with Crippen LogP contribution in [0.5, 0.6) is 0 Å². The Morgan fingerprint density at radius 3 is 2.50 bits per heavy atom. The molecule has 0 radical (unpaired) electrons. The summed E-state index contributed by atoms with van der Waals surface area (Å²) in [6.45, 7) is 0.235. The van der Waals surface area contributed by atoms with Gasteiger partial charge in [-0.2, -0.15) is 0 Å². The highest BCUT2D eigenvalue weighted by molar-refractivity contribution is 9.10. The van der Waals surface area contributed by atoms with Crippen LogP contribution in [-0.4, -0.2) is 16.0 Å². The minimum absolute atomic E-state index is 0.235. The van der Waals surface area contributed by atoms with E-state index in [0.717, 1.165) is 21.8 Å². The molecule has 24 heavy (non-hydrogen) atoms. The van der Waals surface area contributed by atoms with Gasteiger partial charge in [0.15, 0.2) is 0 Å². The number of carbonyl (C=O) groups is 2. The van der Waals surface area contributed by atoms with Gasteiger partial charge < -0.3 is 0 Å². The van der Waals surface area contributed by atoms with Crippen molar-refractivity contribution in [2.75, 3.05) is 0 Å². The van der Waals surface area contributed by atoms with E-state index < -0.39 is 0 Å². The van der Waals surface area contributed by atoms with Crippen molar-refractivity contribution in [2.45, 2.75) is 6.54 Å². The van der Waals surface area contributed by atoms with Crippen molar-refractivity contribution < 1.29 is 9.59 Å². The molecule has 0 unspecified atom stereocenters. The van der Waals surface area contributed by atoms with Crippen molar-refractivity contribution >= 4 is 68.1 Å². The second-order valence-corrected chi connectivity index (χ2v) is 7.73. The second-order valence-electron chi connectivity index (χ2n) is 5.04. The number of hydrogen-bond donors (Lipinski definition) is 0. The summed E-state index contributed by atoms with van der Waals surface area (Å²) in [5.41, 5.74) is 1.49. The first-order chi connectivity index (χ1) is 11.5. The quantitative estimate of drug-likeness (QED) is 0.547. The summed E-state index contributed by atoms with van der Waals surface area (Å²) in [4.78, 5) is 26.2. The van der Waals surface area contributed by atoms with E-state index in [1.807, 2.05) is 24.3 Å². The first kappa shape index (κ1) is 17.5. The molecule has 1 aliphatic rings. The zero-order valence-electron chi connectivity index (χ0n) is 12.1.